The summed E-state index contributed by atoms with van der Waals surface area (Å²) in [6.45, 7) is 4.29. The number of rotatable bonds is 9. The van der Waals surface area contributed by atoms with Crippen LogP contribution in [0.3, 0.4) is 0 Å². The first-order valence-corrected chi connectivity index (χ1v) is 11.1. The highest BCUT2D eigenvalue weighted by Gasteiger charge is 2.26. The fourth-order valence-corrected chi connectivity index (χ4v) is 4.69. The Morgan fingerprint density at radius 1 is 1.06 bits per heavy atom. The summed E-state index contributed by atoms with van der Waals surface area (Å²) >= 11 is 0. The van der Waals surface area contributed by atoms with Crippen LogP contribution in [0.4, 0.5) is 0 Å². The highest BCUT2D eigenvalue weighted by molar-refractivity contribution is 14.0. The number of nitrogens with zero attached hydrogens (tertiary/aromatic N) is 2. The minimum atomic E-state index is 0. The number of aliphatic imine (C=N–C) groups is 1. The van der Waals surface area contributed by atoms with Gasteiger partial charge in [-0.3, -0.25) is 4.99 Å². The zero-order chi connectivity index (χ0) is 21.3. The van der Waals surface area contributed by atoms with Crippen LogP contribution in [0.2, 0.25) is 0 Å². The van der Waals surface area contributed by atoms with E-state index in [2.05, 4.69) is 20.5 Å². The van der Waals surface area contributed by atoms with Crippen molar-refractivity contribution in [2.24, 2.45) is 10.9 Å². The minimum Gasteiger partial charge on any atom is -0.496 e. The molecular weight excluding hydrogens is 507 g/mol. The summed E-state index contributed by atoms with van der Waals surface area (Å²) in [5.41, 5.74) is 1.02. The van der Waals surface area contributed by atoms with Crippen LogP contribution in [0.25, 0.3) is 0 Å². The van der Waals surface area contributed by atoms with E-state index in [0.29, 0.717) is 6.04 Å². The quantitative estimate of drug-likeness (QED) is 0.282. The second-order valence-electron chi connectivity index (χ2n) is 8.30. The van der Waals surface area contributed by atoms with E-state index in [9.17, 15) is 0 Å². The first-order chi connectivity index (χ1) is 14.7. The molecule has 0 spiro atoms. The standard InChI is InChI=1S/C23H38N4O3.HI/c1-24-23(26-18-10-12-27(16-18)15-17-7-5-6-8-17)25-11-9-20-21(29-3)13-19(28-2)14-22(20)30-4;/h13-14,17-18H,5-12,15-16H2,1-4H3,(H2,24,25,26);1H. The number of benzene rings is 1. The zero-order valence-electron chi connectivity index (χ0n) is 19.4. The van der Waals surface area contributed by atoms with E-state index in [0.717, 1.165) is 54.2 Å². The van der Waals surface area contributed by atoms with Crippen LogP contribution in [-0.2, 0) is 6.42 Å². The Labute approximate surface area is 204 Å². The molecule has 7 nitrogen and oxygen atoms in total. The average molecular weight is 546 g/mol. The van der Waals surface area contributed by atoms with Crippen LogP contribution in [0.1, 0.15) is 37.7 Å². The molecule has 1 aromatic carbocycles. The van der Waals surface area contributed by atoms with Gasteiger partial charge in [0, 0.05) is 57.0 Å². The molecule has 1 saturated heterocycles. The van der Waals surface area contributed by atoms with Crippen LogP contribution >= 0.6 is 24.0 Å². The molecule has 1 aromatic rings. The smallest absolute Gasteiger partial charge is 0.191 e. The van der Waals surface area contributed by atoms with Crippen molar-refractivity contribution in [1.29, 1.82) is 0 Å². The van der Waals surface area contributed by atoms with Crippen LogP contribution in [0, 0.1) is 5.92 Å². The molecule has 0 amide bonds. The van der Waals surface area contributed by atoms with Crippen molar-refractivity contribution >= 4 is 29.9 Å². The summed E-state index contributed by atoms with van der Waals surface area (Å²) in [4.78, 5) is 7.04. The van der Waals surface area contributed by atoms with E-state index in [-0.39, 0.29) is 24.0 Å². The van der Waals surface area contributed by atoms with Crippen molar-refractivity contribution in [1.82, 2.24) is 15.5 Å². The third-order valence-corrected chi connectivity index (χ3v) is 6.31. The summed E-state index contributed by atoms with van der Waals surface area (Å²) < 4.78 is 16.4. The summed E-state index contributed by atoms with van der Waals surface area (Å²) in [6.07, 6.45) is 7.59. The lowest BCUT2D eigenvalue weighted by molar-refractivity contribution is 0.275. The molecule has 1 heterocycles. The van der Waals surface area contributed by atoms with E-state index in [4.69, 9.17) is 14.2 Å². The van der Waals surface area contributed by atoms with E-state index in [1.54, 1.807) is 21.3 Å². The molecule has 1 unspecified atom stereocenters. The first-order valence-electron chi connectivity index (χ1n) is 11.1. The van der Waals surface area contributed by atoms with Gasteiger partial charge in [0.15, 0.2) is 5.96 Å². The maximum atomic E-state index is 5.55. The molecular formula is C23H39IN4O3. The van der Waals surface area contributed by atoms with Crippen molar-refractivity contribution in [2.75, 3.05) is 54.6 Å². The molecule has 176 valence electrons. The van der Waals surface area contributed by atoms with Gasteiger partial charge in [0.05, 0.1) is 21.3 Å². The molecule has 8 heteroatoms. The Morgan fingerprint density at radius 3 is 2.32 bits per heavy atom. The topological polar surface area (TPSA) is 67.4 Å². The Morgan fingerprint density at radius 2 is 1.74 bits per heavy atom. The fourth-order valence-electron chi connectivity index (χ4n) is 4.69. The van der Waals surface area contributed by atoms with Crippen LogP contribution in [-0.4, -0.2) is 71.5 Å². The molecule has 1 atom stereocenters. The van der Waals surface area contributed by atoms with Crippen molar-refractivity contribution in [3.63, 3.8) is 0 Å². The van der Waals surface area contributed by atoms with Gasteiger partial charge in [-0.1, -0.05) is 12.8 Å². The summed E-state index contributed by atoms with van der Waals surface area (Å²) in [7, 11) is 6.81. The summed E-state index contributed by atoms with van der Waals surface area (Å²) in [5.74, 6) is 4.04. The van der Waals surface area contributed by atoms with Gasteiger partial charge in [-0.15, -0.1) is 24.0 Å². The highest BCUT2D eigenvalue weighted by Crippen LogP contribution is 2.34. The molecule has 3 rings (SSSR count). The molecule has 1 aliphatic carbocycles. The molecule has 1 aliphatic heterocycles. The highest BCUT2D eigenvalue weighted by atomic mass is 127. The average Bonchev–Trinajstić information content (AvgIpc) is 3.45. The lowest BCUT2D eigenvalue weighted by atomic mass is 10.1. The summed E-state index contributed by atoms with van der Waals surface area (Å²) in [5, 5.41) is 7.04. The Balaban J connectivity index is 0.00000341. The lowest BCUT2D eigenvalue weighted by Crippen LogP contribution is -2.45. The van der Waals surface area contributed by atoms with E-state index < -0.39 is 0 Å². The van der Waals surface area contributed by atoms with Crippen LogP contribution in [0.15, 0.2) is 17.1 Å². The number of ether oxygens (including phenoxy) is 3. The monoisotopic (exact) mass is 546 g/mol. The maximum Gasteiger partial charge on any atom is 0.191 e. The normalized spacial score (nSPS) is 19.7. The molecule has 2 aliphatic rings. The van der Waals surface area contributed by atoms with Gasteiger partial charge in [0.25, 0.3) is 0 Å². The second-order valence-corrected chi connectivity index (χ2v) is 8.30. The Hall–Kier alpha value is -1.42. The van der Waals surface area contributed by atoms with Crippen molar-refractivity contribution in [2.45, 2.75) is 44.6 Å². The number of hydrogen-bond acceptors (Lipinski definition) is 5. The van der Waals surface area contributed by atoms with Gasteiger partial charge in [-0.25, -0.2) is 0 Å². The van der Waals surface area contributed by atoms with Gasteiger partial charge in [-0.05, 0) is 31.6 Å². The first kappa shape index (κ1) is 25.8. The molecule has 2 N–H and O–H groups in total. The van der Waals surface area contributed by atoms with E-state index in [1.165, 1.54) is 45.2 Å². The summed E-state index contributed by atoms with van der Waals surface area (Å²) in [6, 6.07) is 4.24. The van der Waals surface area contributed by atoms with Gasteiger partial charge >= 0.3 is 0 Å². The number of guanidine groups is 1. The van der Waals surface area contributed by atoms with Crippen LogP contribution in [0.5, 0.6) is 17.2 Å². The van der Waals surface area contributed by atoms with Crippen molar-refractivity contribution in [3.05, 3.63) is 17.7 Å². The molecule has 31 heavy (non-hydrogen) atoms. The zero-order valence-corrected chi connectivity index (χ0v) is 21.7. The largest absolute Gasteiger partial charge is 0.496 e. The van der Waals surface area contributed by atoms with Crippen LogP contribution < -0.4 is 24.8 Å². The Kier molecular flexibility index (Phi) is 11.0. The SMILES string of the molecule is CN=C(NCCc1c(OC)cc(OC)cc1OC)NC1CCN(CC2CCCC2)C1.I. The molecule has 0 aromatic heterocycles. The van der Waals surface area contributed by atoms with E-state index in [1.807, 2.05) is 19.2 Å². The molecule has 2 fully saturated rings. The fraction of sp³-hybridized carbons (Fsp3) is 0.696. The number of halogens is 1. The third kappa shape index (κ3) is 7.30. The Bertz CT molecular complexity index is 685. The molecule has 0 radical (unpaired) electrons. The van der Waals surface area contributed by atoms with Gasteiger partial charge in [0.2, 0.25) is 0 Å². The number of methoxy groups -OCH3 is 3. The number of hydrogen-bond donors (Lipinski definition) is 2. The maximum absolute atomic E-state index is 5.55. The van der Waals surface area contributed by atoms with Gasteiger partial charge < -0.3 is 29.7 Å². The third-order valence-electron chi connectivity index (χ3n) is 6.31. The van der Waals surface area contributed by atoms with Crippen molar-refractivity contribution < 1.29 is 14.2 Å². The number of likely N-dealkylation sites (tertiary alicyclic amines) is 1. The predicted molar refractivity (Wildman–Crippen MR) is 137 cm³/mol. The van der Waals surface area contributed by atoms with E-state index >= 15 is 0 Å². The van der Waals surface area contributed by atoms with Gasteiger partial charge in [0.1, 0.15) is 17.2 Å². The number of nitrogens with one attached hydrogen (secondary N) is 2. The molecule has 1 saturated carbocycles. The second kappa shape index (κ2) is 13.2. The molecule has 0 bridgehead atoms. The minimum absolute atomic E-state index is 0. The van der Waals surface area contributed by atoms with Gasteiger partial charge in [-0.2, -0.15) is 0 Å². The predicted octanol–water partition coefficient (Wildman–Crippen LogP) is 3.30. The lowest BCUT2D eigenvalue weighted by Gasteiger charge is -2.21. The van der Waals surface area contributed by atoms with Crippen molar-refractivity contribution in [3.8, 4) is 17.2 Å².